The Bertz CT molecular complexity index is 1610. The predicted octanol–water partition coefficient (Wildman–Crippen LogP) is 1.68. The number of hydrogen-bond acceptors (Lipinski definition) is 6. The molecule has 208 valence electrons. The molecule has 1 atom stereocenters. The van der Waals surface area contributed by atoms with Crippen molar-refractivity contribution < 1.29 is 23.5 Å². The molecule has 0 bridgehead atoms. The first-order valence-electron chi connectivity index (χ1n) is 12.4. The Morgan fingerprint density at radius 3 is 2.48 bits per heavy atom. The van der Waals surface area contributed by atoms with E-state index in [4.69, 9.17) is 4.74 Å². The van der Waals surface area contributed by atoms with Crippen molar-refractivity contribution in [1.29, 1.82) is 0 Å². The van der Waals surface area contributed by atoms with Crippen LogP contribution in [0.2, 0.25) is 0 Å². The van der Waals surface area contributed by atoms with Gasteiger partial charge in [0, 0.05) is 45.4 Å². The molecule has 3 amide bonds. The maximum absolute atomic E-state index is 15.0. The Labute approximate surface area is 228 Å². The minimum Gasteiger partial charge on any atom is -0.442 e. The molecule has 2 heterocycles. The van der Waals surface area contributed by atoms with Crippen molar-refractivity contribution in [2.75, 3.05) is 18.0 Å². The molecule has 0 spiro atoms. The van der Waals surface area contributed by atoms with Gasteiger partial charge in [0.25, 0.3) is 5.56 Å². The van der Waals surface area contributed by atoms with Gasteiger partial charge in [0.2, 0.25) is 11.8 Å². The summed E-state index contributed by atoms with van der Waals surface area (Å²) in [4.78, 5) is 60.8. The molecular weight excluding hydrogens is 521 g/mol. The van der Waals surface area contributed by atoms with Gasteiger partial charge in [0.15, 0.2) is 0 Å². The summed E-state index contributed by atoms with van der Waals surface area (Å²) in [6.07, 6.45) is 2.78. The molecule has 1 aliphatic rings. The molecule has 40 heavy (non-hydrogen) atoms. The van der Waals surface area contributed by atoms with E-state index in [1.165, 1.54) is 54.9 Å². The van der Waals surface area contributed by atoms with Crippen LogP contribution >= 0.6 is 0 Å². The molecule has 3 aromatic rings. The van der Waals surface area contributed by atoms with Crippen LogP contribution in [0.5, 0.6) is 0 Å². The van der Waals surface area contributed by atoms with Gasteiger partial charge in [0.1, 0.15) is 11.9 Å². The van der Waals surface area contributed by atoms with Crippen molar-refractivity contribution >= 4 is 29.7 Å². The van der Waals surface area contributed by atoms with Gasteiger partial charge in [-0.2, -0.15) is 0 Å². The molecule has 1 aliphatic heterocycles. The van der Waals surface area contributed by atoms with Crippen molar-refractivity contribution in [2.24, 2.45) is 14.1 Å². The fraction of sp³-hybridized carbons (Fsp3) is 0.250. The number of carbonyl (C=O) groups excluding carboxylic acids is 3. The standard InChI is InChI=1S/C28H28FN5O6/c1-17(35)30-14-22-16-34(28(39)40-22)21-9-10-23(24(29)12-21)19-6-4-18(5-7-19)13-31-25(36)11-8-20-15-32(2)27(38)33(3)26(20)37/h4-12,15,22H,13-14,16H2,1-3H3,(H,30,35)(H,31,36)/b11-8+. The minimum atomic E-state index is -0.611. The van der Waals surface area contributed by atoms with Crippen LogP contribution in [0.4, 0.5) is 14.9 Å². The van der Waals surface area contributed by atoms with Crippen molar-refractivity contribution in [2.45, 2.75) is 19.6 Å². The molecule has 0 aliphatic carbocycles. The molecule has 1 aromatic heterocycles. The number of carbonyl (C=O) groups is 3. The molecule has 4 rings (SSSR count). The maximum Gasteiger partial charge on any atom is 0.414 e. The van der Waals surface area contributed by atoms with Gasteiger partial charge in [-0.15, -0.1) is 0 Å². The molecule has 12 heteroatoms. The molecule has 2 N–H and O–H groups in total. The molecular formula is C28H28FN5O6. The van der Waals surface area contributed by atoms with Crippen LogP contribution < -0.4 is 26.8 Å². The zero-order chi connectivity index (χ0) is 29.0. The van der Waals surface area contributed by atoms with E-state index in [1.807, 2.05) is 0 Å². The van der Waals surface area contributed by atoms with E-state index in [2.05, 4.69) is 10.6 Å². The van der Waals surface area contributed by atoms with E-state index in [9.17, 15) is 24.0 Å². The van der Waals surface area contributed by atoms with E-state index >= 15 is 4.39 Å². The van der Waals surface area contributed by atoms with Gasteiger partial charge in [-0.05, 0) is 35.4 Å². The number of anilines is 1. The Balaban J connectivity index is 1.36. The monoisotopic (exact) mass is 549 g/mol. The van der Waals surface area contributed by atoms with Gasteiger partial charge in [0.05, 0.1) is 24.3 Å². The second kappa shape index (κ2) is 11.8. The lowest BCUT2D eigenvalue weighted by atomic mass is 10.0. The molecule has 11 nitrogen and oxygen atoms in total. The van der Waals surface area contributed by atoms with Crippen LogP contribution in [-0.2, 0) is 35.0 Å². The van der Waals surface area contributed by atoms with E-state index in [0.29, 0.717) is 16.8 Å². The SMILES string of the molecule is CC(=O)NCC1CN(c2ccc(-c3ccc(CNC(=O)/C=C/c4cn(C)c(=O)n(C)c4=O)cc3)c(F)c2)C(=O)O1. The summed E-state index contributed by atoms with van der Waals surface area (Å²) in [6, 6.07) is 11.4. The zero-order valence-electron chi connectivity index (χ0n) is 22.1. The lowest BCUT2D eigenvalue weighted by Gasteiger charge is -2.15. The number of halogens is 1. The van der Waals surface area contributed by atoms with Gasteiger partial charge in [-0.3, -0.25) is 23.9 Å². The first-order valence-corrected chi connectivity index (χ1v) is 12.4. The maximum atomic E-state index is 15.0. The van der Waals surface area contributed by atoms with Gasteiger partial charge >= 0.3 is 11.8 Å². The van der Waals surface area contributed by atoms with Crippen LogP contribution in [0.1, 0.15) is 18.1 Å². The van der Waals surface area contributed by atoms with Gasteiger partial charge < -0.3 is 19.9 Å². The Kier molecular flexibility index (Phi) is 8.27. The van der Waals surface area contributed by atoms with Crippen LogP contribution in [0, 0.1) is 5.82 Å². The van der Waals surface area contributed by atoms with Gasteiger partial charge in [-0.25, -0.2) is 14.0 Å². The average molecular weight is 550 g/mol. The quantitative estimate of drug-likeness (QED) is 0.411. The van der Waals surface area contributed by atoms with Crippen molar-refractivity contribution in [3.05, 3.63) is 92.5 Å². The number of nitrogens with one attached hydrogen (secondary N) is 2. The van der Waals surface area contributed by atoms with E-state index < -0.39 is 35.2 Å². The highest BCUT2D eigenvalue weighted by atomic mass is 19.1. The first kappa shape index (κ1) is 28.0. The second-order valence-electron chi connectivity index (χ2n) is 9.31. The number of ether oxygens (including phenoxy) is 1. The second-order valence-corrected chi connectivity index (χ2v) is 9.31. The summed E-state index contributed by atoms with van der Waals surface area (Å²) in [5.74, 6) is -1.19. The summed E-state index contributed by atoms with van der Waals surface area (Å²) in [5, 5.41) is 5.31. The van der Waals surface area contributed by atoms with Crippen molar-refractivity contribution in [3.8, 4) is 11.1 Å². The molecule has 0 saturated carbocycles. The number of hydrogen-bond donors (Lipinski definition) is 2. The summed E-state index contributed by atoms with van der Waals surface area (Å²) in [7, 11) is 2.88. The van der Waals surface area contributed by atoms with Crippen LogP contribution in [0.25, 0.3) is 17.2 Å². The largest absolute Gasteiger partial charge is 0.442 e. The minimum absolute atomic E-state index is 0.177. The third kappa shape index (κ3) is 6.34. The summed E-state index contributed by atoms with van der Waals surface area (Å²) in [5.41, 5.74) is 1.29. The smallest absolute Gasteiger partial charge is 0.414 e. The number of amides is 3. The molecule has 0 radical (unpaired) electrons. The fourth-order valence-corrected chi connectivity index (χ4v) is 4.17. The van der Waals surface area contributed by atoms with E-state index in [1.54, 1.807) is 36.4 Å². The Hall–Kier alpha value is -5.00. The summed E-state index contributed by atoms with van der Waals surface area (Å²) >= 11 is 0. The number of cyclic esters (lactones) is 1. The van der Waals surface area contributed by atoms with Crippen LogP contribution in [0.3, 0.4) is 0 Å². The fourth-order valence-electron chi connectivity index (χ4n) is 4.17. The van der Waals surface area contributed by atoms with Gasteiger partial charge in [-0.1, -0.05) is 24.3 Å². The summed E-state index contributed by atoms with van der Waals surface area (Å²) < 4.78 is 22.4. The molecule has 1 unspecified atom stereocenters. The highest BCUT2D eigenvalue weighted by molar-refractivity contribution is 5.91. The first-order chi connectivity index (χ1) is 19.0. The Morgan fingerprint density at radius 1 is 1.07 bits per heavy atom. The third-order valence-corrected chi connectivity index (χ3v) is 6.34. The van der Waals surface area contributed by atoms with E-state index in [-0.39, 0.29) is 31.1 Å². The Morgan fingerprint density at radius 2 is 1.80 bits per heavy atom. The highest BCUT2D eigenvalue weighted by Crippen LogP contribution is 2.29. The van der Waals surface area contributed by atoms with Crippen molar-refractivity contribution in [3.63, 3.8) is 0 Å². The van der Waals surface area contributed by atoms with Crippen LogP contribution in [-0.4, -0.2) is 46.2 Å². The lowest BCUT2D eigenvalue weighted by molar-refractivity contribution is -0.119. The summed E-state index contributed by atoms with van der Waals surface area (Å²) in [6.45, 7) is 1.94. The third-order valence-electron chi connectivity index (χ3n) is 6.34. The number of aryl methyl sites for hydroxylation is 1. The van der Waals surface area contributed by atoms with Crippen LogP contribution in [0.15, 0.2) is 64.3 Å². The number of nitrogens with zero attached hydrogens (tertiary/aromatic N) is 3. The normalized spacial score (nSPS) is 14.8. The van der Waals surface area contributed by atoms with Crippen molar-refractivity contribution in [1.82, 2.24) is 19.8 Å². The predicted molar refractivity (Wildman–Crippen MR) is 146 cm³/mol. The average Bonchev–Trinajstić information content (AvgIpc) is 3.31. The van der Waals surface area contributed by atoms with E-state index in [0.717, 1.165) is 10.1 Å². The lowest BCUT2D eigenvalue weighted by Crippen LogP contribution is -2.37. The molecule has 2 aromatic carbocycles. The molecule has 1 saturated heterocycles. The number of aromatic nitrogens is 2. The zero-order valence-corrected chi connectivity index (χ0v) is 22.1. The highest BCUT2D eigenvalue weighted by Gasteiger charge is 2.32. The topological polar surface area (TPSA) is 132 Å². The number of rotatable bonds is 8. The number of benzene rings is 2. The molecule has 1 fully saturated rings.